The van der Waals surface area contributed by atoms with Gasteiger partial charge in [-0.3, -0.25) is 4.79 Å². The summed E-state index contributed by atoms with van der Waals surface area (Å²) in [6, 6.07) is 3.01. The fourth-order valence-electron chi connectivity index (χ4n) is 1.79. The van der Waals surface area contributed by atoms with Crippen LogP contribution >= 0.6 is 11.8 Å². The van der Waals surface area contributed by atoms with Crippen LogP contribution in [-0.4, -0.2) is 29.4 Å². The average Bonchev–Trinajstić information content (AvgIpc) is 2.41. The van der Waals surface area contributed by atoms with Gasteiger partial charge in [-0.15, -0.1) is 0 Å². The van der Waals surface area contributed by atoms with E-state index in [0.29, 0.717) is 30.5 Å². The van der Waals surface area contributed by atoms with E-state index in [1.165, 1.54) is 12.3 Å². The van der Waals surface area contributed by atoms with Crippen molar-refractivity contribution in [1.29, 1.82) is 0 Å². The van der Waals surface area contributed by atoms with Crippen molar-refractivity contribution < 1.29 is 18.3 Å². The van der Waals surface area contributed by atoms with Gasteiger partial charge in [-0.2, -0.15) is 8.78 Å². The first kappa shape index (κ1) is 14.2. The highest BCUT2D eigenvalue weighted by molar-refractivity contribution is 7.99. The van der Waals surface area contributed by atoms with Crippen molar-refractivity contribution in [2.45, 2.75) is 36.1 Å². The molecule has 7 heteroatoms. The molecule has 1 aliphatic heterocycles. The standard InChI is InChI=1S/C12H14F2N2O2S/c13-12(14)19-10-5-4-8(7-15-10)16-11(17)9-3-1-2-6-18-9/h4-5,7,9,12H,1-3,6H2,(H,16,17)/t9-/m1/s1. The lowest BCUT2D eigenvalue weighted by molar-refractivity contribution is -0.129. The van der Waals surface area contributed by atoms with Crippen molar-refractivity contribution in [2.24, 2.45) is 0 Å². The van der Waals surface area contributed by atoms with Gasteiger partial charge >= 0.3 is 0 Å². The number of carbonyl (C=O) groups excluding carboxylic acids is 1. The summed E-state index contributed by atoms with van der Waals surface area (Å²) >= 11 is 0.372. The minimum atomic E-state index is -2.50. The molecule has 0 aliphatic carbocycles. The van der Waals surface area contributed by atoms with E-state index in [1.807, 2.05) is 0 Å². The Balaban J connectivity index is 1.89. The van der Waals surface area contributed by atoms with Crippen molar-refractivity contribution >= 4 is 23.4 Å². The van der Waals surface area contributed by atoms with Crippen LogP contribution in [0.2, 0.25) is 0 Å². The fraction of sp³-hybridized carbons (Fsp3) is 0.500. The van der Waals surface area contributed by atoms with Gasteiger partial charge in [0.25, 0.3) is 11.7 Å². The molecule has 0 bridgehead atoms. The van der Waals surface area contributed by atoms with Crippen LogP contribution in [0.4, 0.5) is 14.5 Å². The summed E-state index contributed by atoms with van der Waals surface area (Å²) in [5, 5.41) is 2.89. The lowest BCUT2D eigenvalue weighted by atomic mass is 10.1. The Labute approximate surface area is 113 Å². The number of nitrogens with zero attached hydrogens (tertiary/aromatic N) is 1. The smallest absolute Gasteiger partial charge is 0.290 e. The number of hydrogen-bond donors (Lipinski definition) is 1. The number of halogens is 2. The van der Waals surface area contributed by atoms with E-state index < -0.39 is 11.9 Å². The molecule has 2 heterocycles. The van der Waals surface area contributed by atoms with E-state index in [0.717, 1.165) is 12.8 Å². The molecule has 0 spiro atoms. The highest BCUT2D eigenvalue weighted by atomic mass is 32.2. The Hall–Kier alpha value is -1.21. The molecular weight excluding hydrogens is 274 g/mol. The Morgan fingerprint density at radius 1 is 1.47 bits per heavy atom. The van der Waals surface area contributed by atoms with Crippen molar-refractivity contribution in [1.82, 2.24) is 4.98 Å². The molecule has 1 N–H and O–H groups in total. The highest BCUT2D eigenvalue weighted by Crippen LogP contribution is 2.24. The SMILES string of the molecule is O=C(Nc1ccc(SC(F)F)nc1)[C@H]1CCCCO1. The third kappa shape index (κ3) is 4.43. The molecule has 0 unspecified atom stereocenters. The lowest BCUT2D eigenvalue weighted by Gasteiger charge is -2.21. The maximum Gasteiger partial charge on any atom is 0.290 e. The Bertz CT molecular complexity index is 422. The number of thioether (sulfide) groups is 1. The number of ether oxygens (including phenoxy) is 1. The summed E-state index contributed by atoms with van der Waals surface area (Å²) in [5.41, 5.74) is 0.484. The summed E-state index contributed by atoms with van der Waals surface area (Å²) in [7, 11) is 0. The molecule has 104 valence electrons. The molecule has 1 fully saturated rings. The average molecular weight is 288 g/mol. The third-order valence-corrected chi connectivity index (χ3v) is 3.35. The van der Waals surface area contributed by atoms with Gasteiger partial charge in [0.05, 0.1) is 11.9 Å². The molecule has 0 radical (unpaired) electrons. The van der Waals surface area contributed by atoms with E-state index in [4.69, 9.17) is 4.74 Å². The molecule has 1 amide bonds. The molecule has 1 aromatic rings. The van der Waals surface area contributed by atoms with E-state index in [2.05, 4.69) is 10.3 Å². The zero-order valence-electron chi connectivity index (χ0n) is 10.1. The number of pyridine rings is 1. The summed E-state index contributed by atoms with van der Waals surface area (Å²) in [5.74, 6) is -2.71. The molecule has 0 aromatic carbocycles. The first-order chi connectivity index (χ1) is 9.15. The normalized spacial score (nSPS) is 19.4. The maximum absolute atomic E-state index is 12.1. The first-order valence-electron chi connectivity index (χ1n) is 5.98. The van der Waals surface area contributed by atoms with Gasteiger partial charge in [0.2, 0.25) is 0 Å². The van der Waals surface area contributed by atoms with Gasteiger partial charge in [-0.05, 0) is 43.2 Å². The van der Waals surface area contributed by atoms with Crippen molar-refractivity contribution in [3.05, 3.63) is 18.3 Å². The maximum atomic E-state index is 12.1. The number of aromatic nitrogens is 1. The number of alkyl halides is 2. The fourth-order valence-corrected chi connectivity index (χ4v) is 2.23. The number of amides is 1. The third-order valence-electron chi connectivity index (χ3n) is 2.69. The van der Waals surface area contributed by atoms with Crippen LogP contribution in [0.25, 0.3) is 0 Å². The summed E-state index contributed by atoms with van der Waals surface area (Å²) in [4.78, 5) is 15.7. The van der Waals surface area contributed by atoms with Gasteiger partial charge in [0, 0.05) is 6.61 Å². The summed E-state index contributed by atoms with van der Waals surface area (Å²) in [6.45, 7) is 0.598. The zero-order valence-corrected chi connectivity index (χ0v) is 11.0. The van der Waals surface area contributed by atoms with Crippen molar-refractivity contribution in [2.75, 3.05) is 11.9 Å². The number of anilines is 1. The highest BCUT2D eigenvalue weighted by Gasteiger charge is 2.21. The molecule has 0 saturated carbocycles. The molecule has 1 aromatic heterocycles. The van der Waals surface area contributed by atoms with Crippen LogP contribution in [-0.2, 0) is 9.53 Å². The topological polar surface area (TPSA) is 51.2 Å². The number of nitrogens with one attached hydrogen (secondary N) is 1. The molecule has 1 saturated heterocycles. The molecule has 4 nitrogen and oxygen atoms in total. The Morgan fingerprint density at radius 3 is 2.89 bits per heavy atom. The molecular formula is C12H14F2N2O2S. The van der Waals surface area contributed by atoms with Crippen LogP contribution in [0.15, 0.2) is 23.4 Å². The number of carbonyl (C=O) groups is 1. The summed E-state index contributed by atoms with van der Waals surface area (Å²) in [6.07, 6.45) is 3.60. The second kappa shape index (κ2) is 6.81. The second-order valence-electron chi connectivity index (χ2n) is 4.11. The van der Waals surface area contributed by atoms with Crippen LogP contribution in [0.5, 0.6) is 0 Å². The van der Waals surface area contributed by atoms with E-state index >= 15 is 0 Å². The molecule has 2 rings (SSSR count). The minimum Gasteiger partial charge on any atom is -0.368 e. The summed E-state index contributed by atoms with van der Waals surface area (Å²) < 4.78 is 29.6. The second-order valence-corrected chi connectivity index (χ2v) is 5.12. The van der Waals surface area contributed by atoms with E-state index in [9.17, 15) is 13.6 Å². The van der Waals surface area contributed by atoms with Gasteiger partial charge in [-0.25, -0.2) is 4.98 Å². The van der Waals surface area contributed by atoms with Crippen molar-refractivity contribution in [3.63, 3.8) is 0 Å². The molecule has 1 atom stereocenters. The van der Waals surface area contributed by atoms with Crippen LogP contribution in [0.3, 0.4) is 0 Å². The largest absolute Gasteiger partial charge is 0.368 e. The van der Waals surface area contributed by atoms with Gasteiger partial charge in [-0.1, -0.05) is 0 Å². The Morgan fingerprint density at radius 2 is 2.32 bits per heavy atom. The zero-order chi connectivity index (χ0) is 13.7. The minimum absolute atomic E-state index is 0.212. The number of rotatable bonds is 4. The number of hydrogen-bond acceptors (Lipinski definition) is 4. The van der Waals surface area contributed by atoms with Crippen LogP contribution in [0.1, 0.15) is 19.3 Å². The van der Waals surface area contributed by atoms with Gasteiger partial charge in [0.1, 0.15) is 11.1 Å². The Kier molecular flexibility index (Phi) is 5.09. The van der Waals surface area contributed by atoms with Crippen LogP contribution < -0.4 is 5.32 Å². The predicted octanol–water partition coefficient (Wildman–Crippen LogP) is 2.90. The lowest BCUT2D eigenvalue weighted by Crippen LogP contribution is -2.33. The predicted molar refractivity (Wildman–Crippen MR) is 68.3 cm³/mol. The quantitative estimate of drug-likeness (QED) is 0.866. The molecule has 1 aliphatic rings. The molecule has 19 heavy (non-hydrogen) atoms. The van der Waals surface area contributed by atoms with Crippen molar-refractivity contribution in [3.8, 4) is 0 Å². The first-order valence-corrected chi connectivity index (χ1v) is 6.86. The van der Waals surface area contributed by atoms with Gasteiger partial charge in [0.15, 0.2) is 0 Å². The van der Waals surface area contributed by atoms with Gasteiger partial charge < -0.3 is 10.1 Å². The monoisotopic (exact) mass is 288 g/mol. The van der Waals surface area contributed by atoms with E-state index in [-0.39, 0.29) is 10.9 Å². The van der Waals surface area contributed by atoms with Crippen LogP contribution in [0, 0.1) is 0 Å². The van der Waals surface area contributed by atoms with E-state index in [1.54, 1.807) is 6.07 Å².